The second-order valence-corrected chi connectivity index (χ2v) is 8.85. The highest BCUT2D eigenvalue weighted by molar-refractivity contribution is 6.04. The van der Waals surface area contributed by atoms with Crippen LogP contribution in [0.1, 0.15) is 47.0 Å². The molecule has 2 atom stereocenters. The number of amides is 3. The topological polar surface area (TPSA) is 101 Å². The number of ether oxygens (including phenoxy) is 1. The highest BCUT2D eigenvalue weighted by atomic mass is 16.6. The van der Waals surface area contributed by atoms with Gasteiger partial charge in [-0.05, 0) is 56.2 Å². The molecule has 3 amide bonds. The summed E-state index contributed by atoms with van der Waals surface area (Å²) < 4.78 is 5.72. The first-order valence-electron chi connectivity index (χ1n) is 11.5. The van der Waals surface area contributed by atoms with Gasteiger partial charge in [-0.25, -0.2) is 4.79 Å². The summed E-state index contributed by atoms with van der Waals surface area (Å²) in [4.78, 5) is 44.1. The molecular weight excluding hydrogens is 444 g/mol. The van der Waals surface area contributed by atoms with Crippen LogP contribution >= 0.6 is 0 Å². The SMILES string of the molecule is Cc1ccc(CN2C(=O)OC(c3cccc(NC(=O)c4cccnc4)c3)C2C(=O)NC(C)C)cc1. The summed E-state index contributed by atoms with van der Waals surface area (Å²) in [5.74, 6) is -0.610. The van der Waals surface area contributed by atoms with Crippen LogP contribution in [0.2, 0.25) is 0 Å². The van der Waals surface area contributed by atoms with Crippen LogP contribution in [0.5, 0.6) is 0 Å². The maximum Gasteiger partial charge on any atom is 0.411 e. The van der Waals surface area contributed by atoms with Gasteiger partial charge in [0.1, 0.15) is 0 Å². The van der Waals surface area contributed by atoms with E-state index in [-0.39, 0.29) is 24.4 Å². The smallest absolute Gasteiger partial charge is 0.411 e. The molecule has 0 aliphatic carbocycles. The number of benzene rings is 2. The lowest BCUT2D eigenvalue weighted by Gasteiger charge is -2.25. The molecule has 180 valence electrons. The fourth-order valence-corrected chi connectivity index (χ4v) is 3.96. The van der Waals surface area contributed by atoms with Crippen molar-refractivity contribution in [2.75, 3.05) is 5.32 Å². The molecule has 3 aromatic rings. The number of carbonyl (C=O) groups is 3. The molecule has 0 spiro atoms. The Morgan fingerprint density at radius 2 is 1.86 bits per heavy atom. The van der Waals surface area contributed by atoms with E-state index in [4.69, 9.17) is 4.74 Å². The lowest BCUT2D eigenvalue weighted by Crippen LogP contribution is -2.48. The fraction of sp³-hybridized carbons (Fsp3) is 0.259. The molecule has 1 saturated heterocycles. The van der Waals surface area contributed by atoms with Crippen LogP contribution in [0.4, 0.5) is 10.5 Å². The van der Waals surface area contributed by atoms with Gasteiger partial charge in [0.2, 0.25) is 5.91 Å². The van der Waals surface area contributed by atoms with Crippen molar-refractivity contribution in [3.05, 3.63) is 95.3 Å². The minimum atomic E-state index is -0.865. The predicted molar refractivity (Wildman–Crippen MR) is 132 cm³/mol. The molecule has 2 unspecified atom stereocenters. The first-order chi connectivity index (χ1) is 16.8. The van der Waals surface area contributed by atoms with Gasteiger partial charge in [-0.2, -0.15) is 0 Å². The maximum atomic E-state index is 13.2. The third-order valence-electron chi connectivity index (χ3n) is 5.65. The van der Waals surface area contributed by atoms with Crippen molar-refractivity contribution >= 4 is 23.6 Å². The molecule has 2 aromatic carbocycles. The number of aryl methyl sites for hydroxylation is 1. The molecule has 1 aromatic heterocycles. The van der Waals surface area contributed by atoms with E-state index in [1.54, 1.807) is 42.6 Å². The van der Waals surface area contributed by atoms with Gasteiger partial charge < -0.3 is 15.4 Å². The van der Waals surface area contributed by atoms with Gasteiger partial charge in [-0.3, -0.25) is 19.5 Å². The minimum Gasteiger partial charge on any atom is -0.438 e. The fourth-order valence-electron chi connectivity index (χ4n) is 3.96. The van der Waals surface area contributed by atoms with Crippen molar-refractivity contribution in [2.45, 2.75) is 45.5 Å². The number of aromatic nitrogens is 1. The molecule has 0 saturated carbocycles. The van der Waals surface area contributed by atoms with Crippen molar-refractivity contribution in [1.82, 2.24) is 15.2 Å². The molecule has 1 fully saturated rings. The van der Waals surface area contributed by atoms with Crippen LogP contribution in [0, 0.1) is 6.92 Å². The third kappa shape index (κ3) is 5.66. The molecular formula is C27H28N4O4. The summed E-state index contributed by atoms with van der Waals surface area (Å²) >= 11 is 0. The molecule has 4 rings (SSSR count). The predicted octanol–water partition coefficient (Wildman–Crippen LogP) is 4.23. The molecule has 2 heterocycles. The van der Waals surface area contributed by atoms with Crippen molar-refractivity contribution in [3.8, 4) is 0 Å². The van der Waals surface area contributed by atoms with Crippen molar-refractivity contribution in [3.63, 3.8) is 0 Å². The normalized spacial score (nSPS) is 17.3. The molecule has 2 N–H and O–H groups in total. The number of cyclic esters (lactones) is 1. The lowest BCUT2D eigenvalue weighted by atomic mass is 9.99. The summed E-state index contributed by atoms with van der Waals surface area (Å²) in [7, 11) is 0. The van der Waals surface area contributed by atoms with E-state index < -0.39 is 18.2 Å². The average molecular weight is 473 g/mol. The third-order valence-corrected chi connectivity index (χ3v) is 5.65. The summed E-state index contributed by atoms with van der Waals surface area (Å²) in [5, 5.41) is 5.74. The van der Waals surface area contributed by atoms with Crippen LogP contribution in [0.25, 0.3) is 0 Å². The van der Waals surface area contributed by atoms with Crippen molar-refractivity contribution in [1.29, 1.82) is 0 Å². The van der Waals surface area contributed by atoms with Crippen molar-refractivity contribution < 1.29 is 19.1 Å². The largest absolute Gasteiger partial charge is 0.438 e. The number of pyridine rings is 1. The Hall–Kier alpha value is -4.20. The summed E-state index contributed by atoms with van der Waals surface area (Å²) in [6, 6.07) is 17.2. The quantitative estimate of drug-likeness (QED) is 0.536. The number of hydrogen-bond donors (Lipinski definition) is 2. The second-order valence-electron chi connectivity index (χ2n) is 8.85. The van der Waals surface area contributed by atoms with Gasteiger partial charge in [-0.15, -0.1) is 0 Å². The number of nitrogens with one attached hydrogen (secondary N) is 2. The standard InChI is InChI=1S/C27H28N4O4/c1-17(2)29-26(33)23-24(35-27(34)31(23)16-19-11-9-18(3)10-12-19)20-6-4-8-22(14-20)30-25(32)21-7-5-13-28-15-21/h4-15,17,23-24H,16H2,1-3H3,(H,29,33)(H,30,32). The Labute approximate surface area is 204 Å². The van der Waals surface area contributed by atoms with E-state index in [2.05, 4.69) is 15.6 Å². The maximum absolute atomic E-state index is 13.2. The molecule has 35 heavy (non-hydrogen) atoms. The van der Waals surface area contributed by atoms with E-state index >= 15 is 0 Å². The van der Waals surface area contributed by atoms with Gasteiger partial charge in [0.05, 0.1) is 12.1 Å². The zero-order chi connectivity index (χ0) is 24.9. The monoisotopic (exact) mass is 472 g/mol. The van der Waals surface area contributed by atoms with E-state index in [1.165, 1.54) is 11.1 Å². The van der Waals surface area contributed by atoms with Gasteiger partial charge in [-0.1, -0.05) is 42.0 Å². The molecule has 0 bridgehead atoms. The Balaban J connectivity index is 1.61. The summed E-state index contributed by atoms with van der Waals surface area (Å²) in [5.41, 5.74) is 3.55. The summed E-state index contributed by atoms with van der Waals surface area (Å²) in [6.07, 6.45) is 1.68. The number of hydrogen-bond acceptors (Lipinski definition) is 5. The number of anilines is 1. The number of rotatable bonds is 7. The van der Waals surface area contributed by atoms with Crippen LogP contribution in [0.3, 0.4) is 0 Å². The Morgan fingerprint density at radius 3 is 2.54 bits per heavy atom. The second kappa shape index (κ2) is 10.4. The van der Waals surface area contributed by atoms with Crippen LogP contribution in [-0.4, -0.2) is 39.9 Å². The zero-order valence-electron chi connectivity index (χ0n) is 19.9. The van der Waals surface area contributed by atoms with E-state index in [0.717, 1.165) is 11.1 Å². The highest BCUT2D eigenvalue weighted by Crippen LogP contribution is 2.35. The van der Waals surface area contributed by atoms with Crippen LogP contribution < -0.4 is 10.6 Å². The van der Waals surface area contributed by atoms with Crippen LogP contribution in [-0.2, 0) is 16.1 Å². The van der Waals surface area contributed by atoms with E-state index in [1.807, 2.05) is 45.0 Å². The van der Waals surface area contributed by atoms with Crippen molar-refractivity contribution in [2.24, 2.45) is 0 Å². The minimum absolute atomic E-state index is 0.106. The van der Waals surface area contributed by atoms with E-state index in [9.17, 15) is 14.4 Å². The first kappa shape index (κ1) is 23.9. The van der Waals surface area contributed by atoms with E-state index in [0.29, 0.717) is 16.8 Å². The van der Waals surface area contributed by atoms with Gasteiger partial charge in [0.15, 0.2) is 12.1 Å². The molecule has 1 aliphatic rings. The molecule has 1 aliphatic heterocycles. The Kier molecular flexibility index (Phi) is 7.10. The summed E-state index contributed by atoms with van der Waals surface area (Å²) in [6.45, 7) is 5.96. The number of carbonyl (C=O) groups excluding carboxylic acids is 3. The van der Waals surface area contributed by atoms with Gasteiger partial charge in [0.25, 0.3) is 5.91 Å². The Morgan fingerprint density at radius 1 is 1.09 bits per heavy atom. The number of nitrogens with zero attached hydrogens (tertiary/aromatic N) is 2. The zero-order valence-corrected chi connectivity index (χ0v) is 19.9. The van der Waals surface area contributed by atoms with Gasteiger partial charge in [0, 0.05) is 24.1 Å². The van der Waals surface area contributed by atoms with Gasteiger partial charge >= 0.3 is 6.09 Å². The molecule has 0 radical (unpaired) electrons. The van der Waals surface area contributed by atoms with Crippen LogP contribution in [0.15, 0.2) is 73.1 Å². The molecule has 8 nitrogen and oxygen atoms in total. The molecule has 8 heteroatoms. The Bertz CT molecular complexity index is 1210. The average Bonchev–Trinajstić information content (AvgIpc) is 3.17. The lowest BCUT2D eigenvalue weighted by molar-refractivity contribution is -0.126. The first-order valence-corrected chi connectivity index (χ1v) is 11.5. The highest BCUT2D eigenvalue weighted by Gasteiger charge is 2.47.